The largest absolute Gasteiger partial charge is 0.377 e. The minimum atomic E-state index is -0.411. The Bertz CT molecular complexity index is 437. The van der Waals surface area contributed by atoms with Crippen LogP contribution in [0, 0.1) is 23.1 Å². The molecule has 3 nitrogen and oxygen atoms in total. The summed E-state index contributed by atoms with van der Waals surface area (Å²) in [6.07, 6.45) is 0. The molecule has 17 heavy (non-hydrogen) atoms. The Labute approximate surface area is 101 Å². The molecule has 0 aliphatic heterocycles. The molecule has 1 aromatic carbocycles. The van der Waals surface area contributed by atoms with Crippen LogP contribution in [0.25, 0.3) is 0 Å². The molecule has 92 valence electrons. The Morgan fingerprint density at radius 3 is 2.65 bits per heavy atom. The quantitative estimate of drug-likeness (QED) is 0.842. The first-order valence-electron chi connectivity index (χ1n) is 5.61. The zero-order valence-electron chi connectivity index (χ0n) is 10.4. The summed E-state index contributed by atoms with van der Waals surface area (Å²) in [6.45, 7) is 6.53. The van der Waals surface area contributed by atoms with Gasteiger partial charge in [0.1, 0.15) is 11.9 Å². The van der Waals surface area contributed by atoms with Crippen molar-refractivity contribution >= 4 is 5.69 Å². The molecule has 1 aromatic rings. The van der Waals surface area contributed by atoms with Crippen molar-refractivity contribution in [3.05, 3.63) is 29.6 Å². The Morgan fingerprint density at radius 1 is 1.53 bits per heavy atom. The first-order valence-corrected chi connectivity index (χ1v) is 5.61. The Balaban J connectivity index is 3.07. The lowest BCUT2D eigenvalue weighted by Gasteiger charge is -2.35. The average Bonchev–Trinajstić information content (AvgIpc) is 2.30. The second kappa shape index (κ2) is 5.15. The van der Waals surface area contributed by atoms with Gasteiger partial charge in [-0.2, -0.15) is 5.26 Å². The molecule has 0 bridgehead atoms. The summed E-state index contributed by atoms with van der Waals surface area (Å²) < 4.78 is 13.0. The van der Waals surface area contributed by atoms with Gasteiger partial charge in [-0.05, 0) is 31.0 Å². The van der Waals surface area contributed by atoms with E-state index >= 15 is 0 Å². The molecule has 0 saturated carbocycles. The number of anilines is 1. The van der Waals surface area contributed by atoms with E-state index in [4.69, 9.17) is 11.0 Å². The minimum absolute atomic E-state index is 0.295. The standard InChI is InChI=1S/C13H18FN3/c1-9(2)13(3,8-16)17-12-5-4-11(14)6-10(12)7-15/h4-6,9,17H,8,16H2,1-3H3. The Hall–Kier alpha value is -1.60. The van der Waals surface area contributed by atoms with Crippen LogP contribution in [0.4, 0.5) is 10.1 Å². The molecule has 0 saturated heterocycles. The van der Waals surface area contributed by atoms with Crippen molar-refractivity contribution in [3.8, 4) is 6.07 Å². The summed E-state index contributed by atoms with van der Waals surface area (Å²) in [7, 11) is 0. The van der Waals surface area contributed by atoms with Gasteiger partial charge in [-0.25, -0.2) is 4.39 Å². The maximum Gasteiger partial charge on any atom is 0.124 e. The number of hydrogen-bond donors (Lipinski definition) is 2. The molecule has 3 N–H and O–H groups in total. The van der Waals surface area contributed by atoms with E-state index in [1.54, 1.807) is 6.07 Å². The van der Waals surface area contributed by atoms with Gasteiger partial charge in [0.15, 0.2) is 0 Å². The maximum atomic E-state index is 13.0. The summed E-state index contributed by atoms with van der Waals surface area (Å²) in [5.74, 6) is -0.116. The summed E-state index contributed by atoms with van der Waals surface area (Å²) >= 11 is 0. The Morgan fingerprint density at radius 2 is 2.18 bits per heavy atom. The lowest BCUT2D eigenvalue weighted by molar-refractivity contribution is 0.382. The summed E-state index contributed by atoms with van der Waals surface area (Å²) in [5, 5.41) is 12.2. The number of nitrogens with two attached hydrogens (primary N) is 1. The van der Waals surface area contributed by atoms with E-state index in [1.807, 2.05) is 13.0 Å². The average molecular weight is 235 g/mol. The van der Waals surface area contributed by atoms with Gasteiger partial charge in [-0.3, -0.25) is 0 Å². The van der Waals surface area contributed by atoms with Crippen molar-refractivity contribution in [2.75, 3.05) is 11.9 Å². The summed E-state index contributed by atoms with van der Waals surface area (Å²) in [4.78, 5) is 0. The van der Waals surface area contributed by atoms with Crippen LogP contribution < -0.4 is 11.1 Å². The number of hydrogen-bond acceptors (Lipinski definition) is 3. The lowest BCUT2D eigenvalue weighted by atomic mass is 9.88. The second-order valence-corrected chi connectivity index (χ2v) is 4.70. The van der Waals surface area contributed by atoms with Gasteiger partial charge in [0.05, 0.1) is 11.3 Å². The number of nitrogens with one attached hydrogen (secondary N) is 1. The third-order valence-corrected chi connectivity index (χ3v) is 3.22. The smallest absolute Gasteiger partial charge is 0.124 e. The van der Waals surface area contributed by atoms with Gasteiger partial charge >= 0.3 is 0 Å². The van der Waals surface area contributed by atoms with E-state index in [1.165, 1.54) is 12.1 Å². The molecular formula is C13H18FN3. The number of benzene rings is 1. The van der Waals surface area contributed by atoms with Gasteiger partial charge in [-0.1, -0.05) is 13.8 Å². The minimum Gasteiger partial charge on any atom is -0.377 e. The molecule has 0 spiro atoms. The fourth-order valence-corrected chi connectivity index (χ4v) is 1.46. The highest BCUT2D eigenvalue weighted by Crippen LogP contribution is 2.24. The molecule has 0 amide bonds. The van der Waals surface area contributed by atoms with E-state index < -0.39 is 5.82 Å². The molecule has 1 unspecified atom stereocenters. The fraction of sp³-hybridized carbons (Fsp3) is 0.462. The van der Waals surface area contributed by atoms with E-state index in [2.05, 4.69) is 19.2 Å². The third-order valence-electron chi connectivity index (χ3n) is 3.22. The summed E-state index contributed by atoms with van der Waals surface area (Å²) in [5.41, 5.74) is 6.36. The van der Waals surface area contributed by atoms with Crippen LogP contribution in [0.3, 0.4) is 0 Å². The predicted molar refractivity (Wildman–Crippen MR) is 67.0 cm³/mol. The first-order chi connectivity index (χ1) is 7.92. The summed E-state index contributed by atoms with van der Waals surface area (Å²) in [6, 6.07) is 6.11. The van der Waals surface area contributed by atoms with E-state index in [9.17, 15) is 4.39 Å². The van der Waals surface area contributed by atoms with Crippen molar-refractivity contribution in [2.24, 2.45) is 11.7 Å². The van der Waals surface area contributed by atoms with Crippen molar-refractivity contribution in [2.45, 2.75) is 26.3 Å². The molecule has 0 radical (unpaired) electrons. The van der Waals surface area contributed by atoms with E-state index in [0.29, 0.717) is 23.7 Å². The SMILES string of the molecule is CC(C)C(C)(CN)Nc1ccc(F)cc1C#N. The maximum absolute atomic E-state index is 13.0. The van der Waals surface area contributed by atoms with Gasteiger partial charge in [-0.15, -0.1) is 0 Å². The molecule has 1 atom stereocenters. The highest BCUT2D eigenvalue weighted by molar-refractivity contribution is 5.58. The topological polar surface area (TPSA) is 61.8 Å². The van der Waals surface area contributed by atoms with Crippen LogP contribution >= 0.6 is 0 Å². The third kappa shape index (κ3) is 2.95. The van der Waals surface area contributed by atoms with Crippen molar-refractivity contribution < 1.29 is 4.39 Å². The zero-order valence-corrected chi connectivity index (χ0v) is 10.4. The second-order valence-electron chi connectivity index (χ2n) is 4.70. The molecule has 0 aromatic heterocycles. The predicted octanol–water partition coefficient (Wildman–Crippen LogP) is 2.48. The molecule has 0 aliphatic rings. The van der Waals surface area contributed by atoms with Crippen molar-refractivity contribution in [1.29, 1.82) is 5.26 Å². The molecule has 4 heteroatoms. The van der Waals surface area contributed by atoms with E-state index in [0.717, 1.165) is 0 Å². The zero-order chi connectivity index (χ0) is 13.1. The fourth-order valence-electron chi connectivity index (χ4n) is 1.46. The highest BCUT2D eigenvalue weighted by Gasteiger charge is 2.27. The van der Waals surface area contributed by atoms with Crippen LogP contribution in [-0.2, 0) is 0 Å². The number of rotatable bonds is 4. The van der Waals surface area contributed by atoms with E-state index in [-0.39, 0.29) is 5.54 Å². The van der Waals surface area contributed by atoms with Crippen molar-refractivity contribution in [3.63, 3.8) is 0 Å². The molecule has 0 heterocycles. The number of halogens is 1. The number of nitriles is 1. The van der Waals surface area contributed by atoms with Crippen LogP contribution in [0.15, 0.2) is 18.2 Å². The molecular weight excluding hydrogens is 217 g/mol. The van der Waals surface area contributed by atoms with Gasteiger partial charge in [0.2, 0.25) is 0 Å². The molecule has 0 fully saturated rings. The van der Waals surface area contributed by atoms with Crippen LogP contribution in [0.2, 0.25) is 0 Å². The number of nitrogens with zero attached hydrogens (tertiary/aromatic N) is 1. The van der Waals surface area contributed by atoms with Gasteiger partial charge < -0.3 is 11.1 Å². The van der Waals surface area contributed by atoms with Crippen LogP contribution in [0.1, 0.15) is 26.3 Å². The molecule has 0 aliphatic carbocycles. The molecule has 1 rings (SSSR count). The van der Waals surface area contributed by atoms with Crippen LogP contribution in [-0.4, -0.2) is 12.1 Å². The van der Waals surface area contributed by atoms with Crippen molar-refractivity contribution in [1.82, 2.24) is 0 Å². The van der Waals surface area contributed by atoms with Gasteiger partial charge in [0.25, 0.3) is 0 Å². The highest BCUT2D eigenvalue weighted by atomic mass is 19.1. The Kier molecular flexibility index (Phi) is 4.08. The normalized spacial score (nSPS) is 14.2. The lowest BCUT2D eigenvalue weighted by Crippen LogP contribution is -2.47. The van der Waals surface area contributed by atoms with Gasteiger partial charge in [0, 0.05) is 12.1 Å². The first kappa shape index (κ1) is 13.5. The van der Waals surface area contributed by atoms with Crippen LogP contribution in [0.5, 0.6) is 0 Å². The monoisotopic (exact) mass is 235 g/mol.